The molecule has 7 heteroatoms. The fourth-order valence-corrected chi connectivity index (χ4v) is 3.34. The van der Waals surface area contributed by atoms with Gasteiger partial charge in [0.25, 0.3) is 11.8 Å². The number of nitrogens with one attached hydrogen (secondary N) is 2. The lowest BCUT2D eigenvalue weighted by atomic mass is 10.2. The number of hydrazine groups is 1. The van der Waals surface area contributed by atoms with Crippen LogP contribution in [0.25, 0.3) is 0 Å². The van der Waals surface area contributed by atoms with Crippen molar-refractivity contribution in [3.63, 3.8) is 0 Å². The maximum Gasteiger partial charge on any atom is 0.289 e. The van der Waals surface area contributed by atoms with Crippen molar-refractivity contribution in [2.45, 2.75) is 26.2 Å². The zero-order valence-corrected chi connectivity index (χ0v) is 12.3. The fourth-order valence-electron chi connectivity index (χ4n) is 2.19. The normalized spacial score (nSPS) is 12.8. The molecule has 0 aromatic carbocycles. The van der Waals surface area contributed by atoms with E-state index in [0.717, 1.165) is 25.0 Å². The number of aromatic nitrogens is 2. The standard InChI is InChI=1S/C14H14N4O2S/c1-8-6-16-10(7-15-8)13(19)17-18-14(20)12-5-9-3-2-4-11(9)21-12/h5-7H,2-4H2,1H3,(H,17,19)(H,18,20). The lowest BCUT2D eigenvalue weighted by Crippen LogP contribution is -2.41. The molecule has 0 unspecified atom stereocenters. The number of carbonyl (C=O) groups is 2. The molecule has 2 N–H and O–H groups in total. The molecule has 108 valence electrons. The molecule has 0 spiro atoms. The highest BCUT2D eigenvalue weighted by atomic mass is 32.1. The molecule has 2 aromatic heterocycles. The predicted molar refractivity (Wildman–Crippen MR) is 78.0 cm³/mol. The Balaban J connectivity index is 1.60. The third-order valence-electron chi connectivity index (χ3n) is 3.27. The van der Waals surface area contributed by atoms with Crippen molar-refractivity contribution in [1.29, 1.82) is 0 Å². The third-order valence-corrected chi connectivity index (χ3v) is 4.51. The summed E-state index contributed by atoms with van der Waals surface area (Å²) in [5.41, 5.74) is 6.89. The minimum Gasteiger partial charge on any atom is -0.266 e. The molecule has 0 bridgehead atoms. The minimum atomic E-state index is -0.486. The molecule has 21 heavy (non-hydrogen) atoms. The van der Waals surface area contributed by atoms with Gasteiger partial charge in [-0.05, 0) is 37.8 Å². The van der Waals surface area contributed by atoms with Crippen molar-refractivity contribution in [2.75, 3.05) is 0 Å². The van der Waals surface area contributed by atoms with E-state index in [2.05, 4.69) is 20.8 Å². The highest BCUT2D eigenvalue weighted by Gasteiger charge is 2.19. The Kier molecular flexibility index (Phi) is 3.66. The molecule has 1 aliphatic rings. The van der Waals surface area contributed by atoms with Gasteiger partial charge >= 0.3 is 0 Å². The Hall–Kier alpha value is -2.28. The lowest BCUT2D eigenvalue weighted by Gasteiger charge is -2.05. The minimum absolute atomic E-state index is 0.162. The maximum atomic E-state index is 12.0. The summed E-state index contributed by atoms with van der Waals surface area (Å²) in [6, 6.07) is 1.90. The number of hydrogen-bond donors (Lipinski definition) is 2. The van der Waals surface area contributed by atoms with Crippen molar-refractivity contribution >= 4 is 23.2 Å². The van der Waals surface area contributed by atoms with Crippen LogP contribution in [0.5, 0.6) is 0 Å². The zero-order chi connectivity index (χ0) is 14.8. The average molecular weight is 302 g/mol. The van der Waals surface area contributed by atoms with Crippen LogP contribution in [0.1, 0.15) is 42.7 Å². The first-order valence-electron chi connectivity index (χ1n) is 6.64. The highest BCUT2D eigenvalue weighted by molar-refractivity contribution is 7.14. The monoisotopic (exact) mass is 302 g/mol. The summed E-state index contributed by atoms with van der Waals surface area (Å²) >= 11 is 1.49. The quantitative estimate of drug-likeness (QED) is 0.822. The first-order chi connectivity index (χ1) is 10.1. The van der Waals surface area contributed by atoms with Crippen LogP contribution in [0.15, 0.2) is 18.5 Å². The van der Waals surface area contributed by atoms with Gasteiger partial charge in [-0.15, -0.1) is 11.3 Å². The van der Waals surface area contributed by atoms with Crippen LogP contribution in [0.3, 0.4) is 0 Å². The third kappa shape index (κ3) is 2.92. The average Bonchev–Trinajstić information content (AvgIpc) is 3.06. The number of nitrogens with zero attached hydrogens (tertiary/aromatic N) is 2. The van der Waals surface area contributed by atoms with Crippen molar-refractivity contribution in [2.24, 2.45) is 0 Å². The van der Waals surface area contributed by atoms with Crippen LogP contribution in [-0.2, 0) is 12.8 Å². The molecule has 2 heterocycles. The molecule has 0 fully saturated rings. The fraction of sp³-hybridized carbons (Fsp3) is 0.286. The van der Waals surface area contributed by atoms with Crippen molar-refractivity contribution in [1.82, 2.24) is 20.8 Å². The van der Waals surface area contributed by atoms with Gasteiger partial charge in [0.05, 0.1) is 16.8 Å². The van der Waals surface area contributed by atoms with E-state index in [9.17, 15) is 9.59 Å². The number of hydrogen-bond acceptors (Lipinski definition) is 5. The second-order valence-electron chi connectivity index (χ2n) is 4.86. The van der Waals surface area contributed by atoms with E-state index in [1.807, 2.05) is 6.07 Å². The Bertz CT molecular complexity index is 672. The number of rotatable bonds is 2. The number of aryl methyl sites for hydroxylation is 3. The second-order valence-corrected chi connectivity index (χ2v) is 6.00. The Labute approximate surface area is 125 Å². The Morgan fingerprint density at radius 3 is 2.67 bits per heavy atom. The molecule has 0 saturated heterocycles. The molecule has 3 rings (SSSR count). The van der Waals surface area contributed by atoms with Gasteiger partial charge < -0.3 is 0 Å². The lowest BCUT2D eigenvalue weighted by molar-refractivity contribution is 0.0846. The van der Waals surface area contributed by atoms with E-state index >= 15 is 0 Å². The topological polar surface area (TPSA) is 84.0 Å². The van der Waals surface area contributed by atoms with Gasteiger partial charge in [0.15, 0.2) is 0 Å². The Morgan fingerprint density at radius 2 is 1.95 bits per heavy atom. The number of amides is 2. The van der Waals surface area contributed by atoms with Gasteiger partial charge in [-0.25, -0.2) is 4.98 Å². The van der Waals surface area contributed by atoms with E-state index in [1.54, 1.807) is 6.92 Å². The van der Waals surface area contributed by atoms with Gasteiger partial charge in [-0.2, -0.15) is 0 Å². The maximum absolute atomic E-state index is 12.0. The van der Waals surface area contributed by atoms with Crippen LogP contribution >= 0.6 is 11.3 Å². The molecule has 2 amide bonds. The van der Waals surface area contributed by atoms with E-state index < -0.39 is 5.91 Å². The zero-order valence-electron chi connectivity index (χ0n) is 11.5. The van der Waals surface area contributed by atoms with Crippen molar-refractivity contribution in [3.05, 3.63) is 45.2 Å². The summed E-state index contributed by atoms with van der Waals surface area (Å²) < 4.78 is 0. The molecular weight excluding hydrogens is 288 g/mol. The summed E-state index contributed by atoms with van der Waals surface area (Å²) in [5.74, 6) is -0.789. The van der Waals surface area contributed by atoms with Gasteiger partial charge in [0, 0.05) is 11.1 Å². The molecule has 0 atom stereocenters. The predicted octanol–water partition coefficient (Wildman–Crippen LogP) is 1.41. The number of carbonyl (C=O) groups excluding carboxylic acids is 2. The van der Waals surface area contributed by atoms with E-state index in [4.69, 9.17) is 0 Å². The summed E-state index contributed by atoms with van der Waals surface area (Å²) in [6.45, 7) is 1.78. The molecule has 0 saturated carbocycles. The van der Waals surface area contributed by atoms with Crippen LogP contribution in [0.4, 0.5) is 0 Å². The van der Waals surface area contributed by atoms with Crippen LogP contribution in [0, 0.1) is 6.92 Å². The molecule has 6 nitrogen and oxygen atoms in total. The molecular formula is C14H14N4O2S. The molecule has 1 aliphatic carbocycles. The van der Waals surface area contributed by atoms with Gasteiger partial charge in [0.2, 0.25) is 0 Å². The van der Waals surface area contributed by atoms with E-state index in [0.29, 0.717) is 4.88 Å². The van der Waals surface area contributed by atoms with Gasteiger partial charge in [0.1, 0.15) is 5.69 Å². The van der Waals surface area contributed by atoms with Crippen LogP contribution in [0.2, 0.25) is 0 Å². The second kappa shape index (κ2) is 5.61. The van der Waals surface area contributed by atoms with Crippen molar-refractivity contribution < 1.29 is 9.59 Å². The largest absolute Gasteiger partial charge is 0.289 e. The molecule has 2 aromatic rings. The highest BCUT2D eigenvalue weighted by Crippen LogP contribution is 2.30. The summed E-state index contributed by atoms with van der Waals surface area (Å²) in [6.07, 6.45) is 6.10. The number of fused-ring (bicyclic) bond motifs is 1. The van der Waals surface area contributed by atoms with E-state index in [-0.39, 0.29) is 11.6 Å². The smallest absolute Gasteiger partial charge is 0.266 e. The summed E-state index contributed by atoms with van der Waals surface area (Å²) in [5, 5.41) is 0. The SMILES string of the molecule is Cc1cnc(C(=O)NNC(=O)c2cc3c(s2)CCC3)cn1. The van der Waals surface area contributed by atoms with Gasteiger partial charge in [-0.1, -0.05) is 0 Å². The molecule has 0 radical (unpaired) electrons. The number of thiophene rings is 1. The Morgan fingerprint density at radius 1 is 1.14 bits per heavy atom. The summed E-state index contributed by atoms with van der Waals surface area (Å²) in [4.78, 5) is 33.6. The van der Waals surface area contributed by atoms with Crippen LogP contribution in [-0.4, -0.2) is 21.8 Å². The first-order valence-corrected chi connectivity index (χ1v) is 7.46. The summed E-state index contributed by atoms with van der Waals surface area (Å²) in [7, 11) is 0. The first kappa shape index (κ1) is 13.7. The van der Waals surface area contributed by atoms with Crippen molar-refractivity contribution in [3.8, 4) is 0 Å². The van der Waals surface area contributed by atoms with E-state index in [1.165, 1.54) is 34.2 Å². The molecule has 0 aliphatic heterocycles. The van der Waals surface area contributed by atoms with Gasteiger partial charge in [-0.3, -0.25) is 25.4 Å². The van der Waals surface area contributed by atoms with Crippen LogP contribution < -0.4 is 10.9 Å².